The molecule has 0 aromatic heterocycles. The Kier molecular flexibility index (Phi) is 4.68. The van der Waals surface area contributed by atoms with Gasteiger partial charge in [0, 0.05) is 11.1 Å². The van der Waals surface area contributed by atoms with Gasteiger partial charge in [0.25, 0.3) is 0 Å². The smallest absolute Gasteiger partial charge is 0.159 e. The third kappa shape index (κ3) is 3.74. The van der Waals surface area contributed by atoms with Crippen LogP contribution in [0.5, 0.6) is 0 Å². The molecule has 0 aliphatic rings. The van der Waals surface area contributed by atoms with Crippen molar-refractivity contribution >= 4 is 11.6 Å². The van der Waals surface area contributed by atoms with Crippen molar-refractivity contribution in [2.24, 2.45) is 5.73 Å². The monoisotopic (exact) mass is 299 g/mol. The molecule has 1 nitrogen and oxygen atoms in total. The minimum absolute atomic E-state index is 0.351. The Morgan fingerprint density at radius 3 is 2.40 bits per heavy atom. The normalized spacial score (nSPS) is 12.4. The summed E-state index contributed by atoms with van der Waals surface area (Å²) in [5.41, 5.74) is 7.13. The number of halogens is 4. The maximum atomic E-state index is 13.1. The van der Waals surface area contributed by atoms with Crippen molar-refractivity contribution in [1.29, 1.82) is 0 Å². The van der Waals surface area contributed by atoms with Gasteiger partial charge in [-0.2, -0.15) is 0 Å². The summed E-state index contributed by atoms with van der Waals surface area (Å²) in [7, 11) is 0. The first-order chi connectivity index (χ1) is 9.45. The summed E-state index contributed by atoms with van der Waals surface area (Å²) in [6.45, 7) is 0. The van der Waals surface area contributed by atoms with Crippen LogP contribution in [-0.2, 0) is 12.8 Å². The van der Waals surface area contributed by atoms with E-state index in [0.29, 0.717) is 29.0 Å². The predicted molar refractivity (Wildman–Crippen MR) is 73.2 cm³/mol. The third-order valence-corrected chi connectivity index (χ3v) is 3.34. The fourth-order valence-corrected chi connectivity index (χ4v) is 2.22. The first-order valence-electron chi connectivity index (χ1n) is 6.09. The molecule has 0 heterocycles. The lowest BCUT2D eigenvalue weighted by molar-refractivity contribution is 0.506. The molecule has 0 aliphatic carbocycles. The number of rotatable bonds is 4. The molecule has 2 aromatic carbocycles. The van der Waals surface area contributed by atoms with E-state index in [1.54, 1.807) is 0 Å². The van der Waals surface area contributed by atoms with Crippen molar-refractivity contribution < 1.29 is 13.2 Å². The van der Waals surface area contributed by atoms with Crippen LogP contribution in [0.1, 0.15) is 11.1 Å². The molecule has 0 saturated heterocycles. The van der Waals surface area contributed by atoms with Gasteiger partial charge in [-0.15, -0.1) is 0 Å². The lowest BCUT2D eigenvalue weighted by atomic mass is 9.99. The fourth-order valence-electron chi connectivity index (χ4n) is 2.02. The highest BCUT2D eigenvalue weighted by atomic mass is 35.5. The van der Waals surface area contributed by atoms with E-state index in [-0.39, 0.29) is 11.9 Å². The summed E-state index contributed by atoms with van der Waals surface area (Å²) in [6, 6.07) is 7.36. The maximum absolute atomic E-state index is 13.1. The molecular weight excluding hydrogens is 287 g/mol. The minimum atomic E-state index is -0.904. The van der Waals surface area contributed by atoms with Crippen LogP contribution in [0.3, 0.4) is 0 Å². The van der Waals surface area contributed by atoms with Gasteiger partial charge in [-0.3, -0.25) is 0 Å². The molecule has 106 valence electrons. The molecule has 1 atom stereocenters. The van der Waals surface area contributed by atoms with Gasteiger partial charge in [0.05, 0.1) is 0 Å². The zero-order valence-electron chi connectivity index (χ0n) is 10.5. The van der Waals surface area contributed by atoms with Gasteiger partial charge in [0.1, 0.15) is 5.82 Å². The quantitative estimate of drug-likeness (QED) is 0.911. The van der Waals surface area contributed by atoms with E-state index in [9.17, 15) is 13.2 Å². The summed E-state index contributed by atoms with van der Waals surface area (Å²) in [4.78, 5) is 0. The Bertz CT molecular complexity index is 616. The van der Waals surface area contributed by atoms with Gasteiger partial charge >= 0.3 is 0 Å². The number of hydrogen-bond acceptors (Lipinski definition) is 1. The first-order valence-corrected chi connectivity index (χ1v) is 6.47. The first kappa shape index (κ1) is 14.9. The van der Waals surface area contributed by atoms with Crippen molar-refractivity contribution in [1.82, 2.24) is 0 Å². The highest BCUT2D eigenvalue weighted by molar-refractivity contribution is 6.31. The van der Waals surface area contributed by atoms with E-state index in [2.05, 4.69) is 0 Å². The zero-order chi connectivity index (χ0) is 14.7. The highest BCUT2D eigenvalue weighted by Gasteiger charge is 2.11. The van der Waals surface area contributed by atoms with Crippen LogP contribution in [-0.4, -0.2) is 6.04 Å². The van der Waals surface area contributed by atoms with E-state index in [0.717, 1.165) is 12.1 Å². The lowest BCUT2D eigenvalue weighted by Gasteiger charge is -2.13. The van der Waals surface area contributed by atoms with E-state index < -0.39 is 11.6 Å². The molecular formula is C15H13ClF3N. The molecule has 1 unspecified atom stereocenters. The van der Waals surface area contributed by atoms with E-state index >= 15 is 0 Å². The minimum Gasteiger partial charge on any atom is -0.327 e. The average Bonchev–Trinajstić information content (AvgIpc) is 2.38. The molecule has 0 spiro atoms. The van der Waals surface area contributed by atoms with Gasteiger partial charge in [-0.05, 0) is 54.3 Å². The predicted octanol–water partition coefficient (Wildman–Crippen LogP) is 3.87. The molecule has 2 N–H and O–H groups in total. The van der Waals surface area contributed by atoms with Gasteiger partial charge < -0.3 is 5.73 Å². The maximum Gasteiger partial charge on any atom is 0.159 e. The Hall–Kier alpha value is -1.52. The molecule has 0 radical (unpaired) electrons. The molecule has 20 heavy (non-hydrogen) atoms. The molecule has 0 fully saturated rings. The second-order valence-corrected chi connectivity index (χ2v) is 5.06. The molecule has 5 heteroatoms. The topological polar surface area (TPSA) is 26.0 Å². The van der Waals surface area contributed by atoms with Crippen LogP contribution in [0, 0.1) is 17.5 Å². The van der Waals surface area contributed by atoms with Crippen molar-refractivity contribution in [3.05, 3.63) is 70.0 Å². The molecule has 0 aliphatic heterocycles. The van der Waals surface area contributed by atoms with Crippen molar-refractivity contribution in [3.8, 4) is 0 Å². The van der Waals surface area contributed by atoms with E-state index in [4.69, 9.17) is 17.3 Å². The van der Waals surface area contributed by atoms with Crippen molar-refractivity contribution in [2.45, 2.75) is 18.9 Å². The Morgan fingerprint density at radius 1 is 0.950 bits per heavy atom. The standard InChI is InChI=1S/C15H13ClF3N/c16-13-3-2-11(17)7-10(13)8-12(20)5-9-1-4-14(18)15(19)6-9/h1-4,6-7,12H,5,8,20H2. The van der Waals surface area contributed by atoms with Crippen molar-refractivity contribution in [3.63, 3.8) is 0 Å². The summed E-state index contributed by atoms with van der Waals surface area (Å²) in [6.07, 6.45) is 0.708. The number of hydrogen-bond donors (Lipinski definition) is 1. The average molecular weight is 300 g/mol. The molecule has 0 bridgehead atoms. The Balaban J connectivity index is 2.06. The van der Waals surface area contributed by atoms with Crippen LogP contribution < -0.4 is 5.73 Å². The zero-order valence-corrected chi connectivity index (χ0v) is 11.3. The van der Waals surface area contributed by atoms with Gasteiger partial charge in [-0.25, -0.2) is 13.2 Å². The summed E-state index contributed by atoms with van der Waals surface area (Å²) in [5, 5.41) is 0.437. The second-order valence-electron chi connectivity index (χ2n) is 4.65. The third-order valence-electron chi connectivity index (χ3n) is 2.97. The molecule has 0 saturated carbocycles. The highest BCUT2D eigenvalue weighted by Crippen LogP contribution is 2.19. The van der Waals surface area contributed by atoms with Crippen LogP contribution >= 0.6 is 11.6 Å². The number of benzene rings is 2. The SMILES string of the molecule is NC(Cc1ccc(F)c(F)c1)Cc1cc(F)ccc1Cl. The Labute approximate surface area is 120 Å². The van der Waals surface area contributed by atoms with Crippen molar-refractivity contribution in [2.75, 3.05) is 0 Å². The van der Waals surface area contributed by atoms with Gasteiger partial charge in [-0.1, -0.05) is 17.7 Å². The molecule has 2 aromatic rings. The second kappa shape index (κ2) is 6.29. The van der Waals surface area contributed by atoms with Gasteiger partial charge in [0.15, 0.2) is 11.6 Å². The van der Waals surface area contributed by atoms with Crippen LogP contribution in [0.4, 0.5) is 13.2 Å². The van der Waals surface area contributed by atoms with E-state index in [1.165, 1.54) is 24.3 Å². The fraction of sp³-hybridized carbons (Fsp3) is 0.200. The lowest BCUT2D eigenvalue weighted by Crippen LogP contribution is -2.25. The number of nitrogens with two attached hydrogens (primary N) is 1. The van der Waals surface area contributed by atoms with Gasteiger partial charge in [0.2, 0.25) is 0 Å². The largest absolute Gasteiger partial charge is 0.327 e. The summed E-state index contributed by atoms with van der Waals surface area (Å²) in [5.74, 6) is -2.18. The van der Waals surface area contributed by atoms with Crippen LogP contribution in [0.25, 0.3) is 0 Å². The summed E-state index contributed by atoms with van der Waals surface area (Å²) >= 11 is 5.96. The Morgan fingerprint density at radius 2 is 1.70 bits per heavy atom. The molecule has 2 rings (SSSR count). The van der Waals surface area contributed by atoms with E-state index in [1.807, 2.05) is 0 Å². The van der Waals surface area contributed by atoms with Crippen LogP contribution in [0.15, 0.2) is 36.4 Å². The molecule has 0 amide bonds. The summed E-state index contributed by atoms with van der Waals surface area (Å²) < 4.78 is 39.0. The van der Waals surface area contributed by atoms with Crippen LogP contribution in [0.2, 0.25) is 5.02 Å².